The lowest BCUT2D eigenvalue weighted by atomic mass is 10.1. The minimum absolute atomic E-state index is 0.0373. The first kappa shape index (κ1) is 20.8. The Morgan fingerprint density at radius 2 is 1.83 bits per heavy atom. The average molecular weight is 426 g/mol. The van der Waals surface area contributed by atoms with E-state index in [2.05, 4.69) is 59.3 Å². The van der Waals surface area contributed by atoms with Crippen LogP contribution in [0.1, 0.15) is 13.8 Å². The molecule has 0 aliphatic carbocycles. The molecule has 7 heteroatoms. The molecule has 1 saturated heterocycles. The number of hydrogen-bond donors (Lipinski definition) is 1. The number of nitrogens with zero attached hydrogens (tertiary/aromatic N) is 2. The van der Waals surface area contributed by atoms with E-state index in [1.165, 1.54) is 28.7 Å². The molecule has 2 heterocycles. The van der Waals surface area contributed by atoms with Gasteiger partial charge in [-0.2, -0.15) is 0 Å². The van der Waals surface area contributed by atoms with E-state index in [0.717, 1.165) is 11.4 Å². The van der Waals surface area contributed by atoms with Crippen molar-refractivity contribution in [2.45, 2.75) is 31.3 Å². The molecule has 1 aromatic heterocycles. The van der Waals surface area contributed by atoms with Crippen molar-refractivity contribution in [1.29, 1.82) is 0 Å². The molecule has 1 fully saturated rings. The second kappa shape index (κ2) is 9.10. The summed E-state index contributed by atoms with van der Waals surface area (Å²) in [6, 6.07) is 14.3. The number of thioether (sulfide) groups is 1. The standard InChI is InChI=1S/C23H27N3O3S/c1-3-26-21-7-5-4-6-18(21)19-14-17(8-9-22(19)26)30-15-20(24-16(2)27)23(28)25-10-12-29-13-11-25/h4-9,14,20H,3,10-13,15H2,1-2H3,(H,24,27). The Morgan fingerprint density at radius 3 is 2.57 bits per heavy atom. The number of carbonyl (C=O) groups is 2. The highest BCUT2D eigenvalue weighted by Crippen LogP contribution is 2.32. The van der Waals surface area contributed by atoms with Crippen LogP contribution in [0.4, 0.5) is 0 Å². The van der Waals surface area contributed by atoms with Gasteiger partial charge in [0.1, 0.15) is 6.04 Å². The van der Waals surface area contributed by atoms with Gasteiger partial charge >= 0.3 is 0 Å². The molecule has 1 aliphatic rings. The lowest BCUT2D eigenvalue weighted by Crippen LogP contribution is -2.52. The zero-order valence-electron chi connectivity index (χ0n) is 17.4. The summed E-state index contributed by atoms with van der Waals surface area (Å²) in [5, 5.41) is 5.28. The molecule has 4 rings (SSSR count). The molecule has 2 aromatic carbocycles. The molecule has 1 aliphatic heterocycles. The van der Waals surface area contributed by atoms with Crippen LogP contribution in [0.3, 0.4) is 0 Å². The van der Waals surface area contributed by atoms with Crippen molar-refractivity contribution < 1.29 is 14.3 Å². The van der Waals surface area contributed by atoms with E-state index in [9.17, 15) is 9.59 Å². The van der Waals surface area contributed by atoms with Gasteiger partial charge < -0.3 is 19.5 Å². The Morgan fingerprint density at radius 1 is 1.10 bits per heavy atom. The van der Waals surface area contributed by atoms with Gasteiger partial charge in [0, 0.05) is 59.0 Å². The maximum atomic E-state index is 12.9. The smallest absolute Gasteiger partial charge is 0.246 e. The third-order valence-corrected chi connectivity index (χ3v) is 6.56. The molecule has 1 N–H and O–H groups in total. The van der Waals surface area contributed by atoms with Crippen LogP contribution in [0.15, 0.2) is 47.4 Å². The van der Waals surface area contributed by atoms with Gasteiger partial charge in [-0.15, -0.1) is 11.8 Å². The van der Waals surface area contributed by atoms with E-state index >= 15 is 0 Å². The highest BCUT2D eigenvalue weighted by atomic mass is 32.2. The van der Waals surface area contributed by atoms with Crippen molar-refractivity contribution in [2.24, 2.45) is 0 Å². The van der Waals surface area contributed by atoms with Crippen LogP contribution in [0.5, 0.6) is 0 Å². The molecule has 0 spiro atoms. The van der Waals surface area contributed by atoms with E-state index in [1.54, 1.807) is 16.7 Å². The molecule has 158 valence electrons. The molecule has 1 unspecified atom stereocenters. The fraction of sp³-hybridized carbons (Fsp3) is 0.391. The number of aryl methyl sites for hydroxylation is 1. The minimum Gasteiger partial charge on any atom is -0.378 e. The molecule has 3 aromatic rings. The second-order valence-corrected chi connectivity index (χ2v) is 8.54. The summed E-state index contributed by atoms with van der Waals surface area (Å²) in [6.07, 6.45) is 0. The van der Waals surface area contributed by atoms with Gasteiger partial charge in [0.05, 0.1) is 13.2 Å². The third kappa shape index (κ3) is 4.18. The number of hydrogen-bond acceptors (Lipinski definition) is 4. The molecular weight excluding hydrogens is 398 g/mol. The summed E-state index contributed by atoms with van der Waals surface area (Å²) in [7, 11) is 0. The first-order valence-corrected chi connectivity index (χ1v) is 11.3. The lowest BCUT2D eigenvalue weighted by molar-refractivity contribution is -0.138. The summed E-state index contributed by atoms with van der Waals surface area (Å²) < 4.78 is 7.66. The van der Waals surface area contributed by atoms with Gasteiger partial charge in [-0.25, -0.2) is 0 Å². The normalized spacial score (nSPS) is 15.5. The van der Waals surface area contributed by atoms with Gasteiger partial charge in [0.25, 0.3) is 0 Å². The number of nitrogens with one attached hydrogen (secondary N) is 1. The fourth-order valence-corrected chi connectivity index (χ4v) is 5.02. The lowest BCUT2D eigenvalue weighted by Gasteiger charge is -2.30. The van der Waals surface area contributed by atoms with E-state index in [-0.39, 0.29) is 11.8 Å². The van der Waals surface area contributed by atoms with Crippen molar-refractivity contribution in [1.82, 2.24) is 14.8 Å². The zero-order valence-corrected chi connectivity index (χ0v) is 18.2. The van der Waals surface area contributed by atoms with Crippen LogP contribution < -0.4 is 5.32 Å². The van der Waals surface area contributed by atoms with Crippen molar-refractivity contribution in [2.75, 3.05) is 32.1 Å². The quantitative estimate of drug-likeness (QED) is 0.616. The number of fused-ring (bicyclic) bond motifs is 3. The summed E-state index contributed by atoms with van der Waals surface area (Å²) in [6.45, 7) is 6.76. The zero-order chi connectivity index (χ0) is 21.1. The second-order valence-electron chi connectivity index (χ2n) is 7.44. The number of rotatable bonds is 6. The number of aromatic nitrogens is 1. The Labute approximate surface area is 180 Å². The van der Waals surface area contributed by atoms with Gasteiger partial charge in [-0.1, -0.05) is 18.2 Å². The molecule has 1 atom stereocenters. The topological polar surface area (TPSA) is 63.6 Å². The van der Waals surface area contributed by atoms with Gasteiger partial charge in [-0.05, 0) is 31.2 Å². The molecule has 0 bridgehead atoms. The van der Waals surface area contributed by atoms with Crippen LogP contribution in [0.25, 0.3) is 21.8 Å². The predicted octanol–water partition coefficient (Wildman–Crippen LogP) is 3.27. The highest BCUT2D eigenvalue weighted by molar-refractivity contribution is 7.99. The number of amides is 2. The Kier molecular flexibility index (Phi) is 6.29. The summed E-state index contributed by atoms with van der Waals surface area (Å²) >= 11 is 1.60. The van der Waals surface area contributed by atoms with E-state index in [0.29, 0.717) is 32.1 Å². The molecular formula is C23H27N3O3S. The largest absolute Gasteiger partial charge is 0.378 e. The van der Waals surface area contributed by atoms with Gasteiger partial charge in [0.15, 0.2) is 0 Å². The number of ether oxygens (including phenoxy) is 1. The van der Waals surface area contributed by atoms with Crippen molar-refractivity contribution >= 4 is 45.4 Å². The molecule has 2 amide bonds. The maximum absolute atomic E-state index is 12.9. The van der Waals surface area contributed by atoms with Crippen molar-refractivity contribution in [3.05, 3.63) is 42.5 Å². The summed E-state index contributed by atoms with van der Waals surface area (Å²) in [5.41, 5.74) is 2.45. The monoisotopic (exact) mass is 425 g/mol. The van der Waals surface area contributed by atoms with E-state index < -0.39 is 6.04 Å². The Balaban J connectivity index is 1.56. The molecule has 30 heavy (non-hydrogen) atoms. The average Bonchev–Trinajstić information content (AvgIpc) is 3.09. The molecule has 6 nitrogen and oxygen atoms in total. The highest BCUT2D eigenvalue weighted by Gasteiger charge is 2.26. The van der Waals surface area contributed by atoms with E-state index in [1.807, 2.05) is 0 Å². The van der Waals surface area contributed by atoms with Gasteiger partial charge in [0.2, 0.25) is 11.8 Å². The maximum Gasteiger partial charge on any atom is 0.246 e. The van der Waals surface area contributed by atoms with Crippen molar-refractivity contribution in [3.63, 3.8) is 0 Å². The van der Waals surface area contributed by atoms with Crippen LogP contribution in [0.2, 0.25) is 0 Å². The van der Waals surface area contributed by atoms with Crippen LogP contribution in [0, 0.1) is 0 Å². The number of benzene rings is 2. The van der Waals surface area contributed by atoms with Crippen LogP contribution >= 0.6 is 11.8 Å². The number of carbonyl (C=O) groups excluding carboxylic acids is 2. The minimum atomic E-state index is -0.543. The van der Waals surface area contributed by atoms with Crippen LogP contribution in [-0.4, -0.2) is 59.4 Å². The molecule has 0 saturated carbocycles. The first-order chi connectivity index (χ1) is 14.6. The van der Waals surface area contributed by atoms with Crippen LogP contribution in [-0.2, 0) is 20.9 Å². The predicted molar refractivity (Wildman–Crippen MR) is 121 cm³/mol. The first-order valence-electron chi connectivity index (χ1n) is 10.4. The van der Waals surface area contributed by atoms with Gasteiger partial charge in [-0.3, -0.25) is 9.59 Å². The Hall–Kier alpha value is -2.51. The number of morpholine rings is 1. The van der Waals surface area contributed by atoms with E-state index in [4.69, 9.17) is 4.74 Å². The summed E-state index contributed by atoms with van der Waals surface area (Å²) in [4.78, 5) is 27.5. The summed E-state index contributed by atoms with van der Waals surface area (Å²) in [5.74, 6) is 0.265. The van der Waals surface area contributed by atoms with Crippen molar-refractivity contribution in [3.8, 4) is 0 Å². The fourth-order valence-electron chi connectivity index (χ4n) is 4.07. The molecule has 0 radical (unpaired) electrons. The number of para-hydroxylation sites is 1. The SMILES string of the molecule is CCn1c2ccccc2c2cc(SCC(NC(C)=O)C(=O)N3CCOCC3)ccc21. The third-order valence-electron chi connectivity index (χ3n) is 5.48. The Bertz CT molecular complexity index is 1070.